The van der Waals surface area contributed by atoms with Crippen molar-refractivity contribution in [1.82, 2.24) is 10.6 Å². The number of ether oxygens (including phenoxy) is 2. The molecule has 2 amide bonds. The number of alkyl carbamates (subject to hydrolysis) is 2. The lowest BCUT2D eigenvalue weighted by atomic mass is 10.2. The Labute approximate surface area is 114 Å². The van der Waals surface area contributed by atoms with E-state index in [1.165, 1.54) is 0 Å². The van der Waals surface area contributed by atoms with Crippen LogP contribution in [0.4, 0.5) is 9.59 Å². The van der Waals surface area contributed by atoms with Crippen molar-refractivity contribution in [3.63, 3.8) is 0 Å². The second-order valence-corrected chi connectivity index (χ2v) is 6.74. The van der Waals surface area contributed by atoms with Crippen molar-refractivity contribution < 1.29 is 19.1 Å². The van der Waals surface area contributed by atoms with Crippen molar-refractivity contribution >= 4 is 12.2 Å². The van der Waals surface area contributed by atoms with Crippen molar-refractivity contribution in [1.29, 1.82) is 0 Å². The van der Waals surface area contributed by atoms with Crippen LogP contribution in [-0.2, 0) is 9.47 Å². The first-order valence-electron chi connectivity index (χ1n) is 6.45. The van der Waals surface area contributed by atoms with Gasteiger partial charge in [0.25, 0.3) is 0 Å². The summed E-state index contributed by atoms with van der Waals surface area (Å²) in [6.07, 6.45) is -0.240. The van der Waals surface area contributed by atoms with Gasteiger partial charge in [-0.1, -0.05) is 0 Å². The summed E-state index contributed by atoms with van der Waals surface area (Å²) in [5, 5.41) is 5.39. The van der Waals surface area contributed by atoms with Gasteiger partial charge < -0.3 is 20.1 Å². The van der Waals surface area contributed by atoms with Gasteiger partial charge >= 0.3 is 12.2 Å². The van der Waals surface area contributed by atoms with Gasteiger partial charge in [-0.15, -0.1) is 0 Å². The zero-order valence-corrected chi connectivity index (χ0v) is 12.5. The summed E-state index contributed by atoms with van der Waals surface area (Å²) in [6, 6.07) is -0.162. The van der Waals surface area contributed by atoms with Gasteiger partial charge in [-0.3, -0.25) is 0 Å². The molecule has 2 atom stereocenters. The molecule has 1 saturated carbocycles. The van der Waals surface area contributed by atoms with E-state index in [4.69, 9.17) is 9.47 Å². The molecule has 19 heavy (non-hydrogen) atoms. The van der Waals surface area contributed by atoms with Crippen LogP contribution in [0, 0.1) is 0 Å². The minimum atomic E-state index is -0.521. The second-order valence-electron chi connectivity index (χ2n) is 6.74. The van der Waals surface area contributed by atoms with Gasteiger partial charge in [0.1, 0.15) is 11.2 Å². The summed E-state index contributed by atoms with van der Waals surface area (Å²) in [5.41, 5.74) is -1.04. The fraction of sp³-hybridized carbons (Fsp3) is 0.846. The highest BCUT2D eigenvalue weighted by Gasteiger charge is 2.41. The summed E-state index contributed by atoms with van der Waals surface area (Å²) >= 11 is 0. The number of nitrogens with one attached hydrogen (secondary N) is 2. The van der Waals surface area contributed by atoms with E-state index in [9.17, 15) is 9.59 Å². The standard InChI is InChI=1S/C13H24N2O4/c1-12(2,3)18-10(16)14-8-7-9(8)15-11(17)19-13(4,5)6/h8-9H,7H2,1-6H3,(H,14,16)(H,15,17)/t8-,9+. The van der Waals surface area contributed by atoms with Crippen LogP contribution >= 0.6 is 0 Å². The SMILES string of the molecule is CC(C)(C)OC(=O)N[C@H]1C[C@H]1NC(=O)OC(C)(C)C. The third-order valence-electron chi connectivity index (χ3n) is 2.19. The van der Waals surface area contributed by atoms with Gasteiger partial charge in [0, 0.05) is 0 Å². The normalized spacial score (nSPS) is 22.4. The quantitative estimate of drug-likeness (QED) is 0.807. The van der Waals surface area contributed by atoms with Gasteiger partial charge in [-0.05, 0) is 48.0 Å². The molecule has 1 aliphatic rings. The molecule has 0 bridgehead atoms. The molecular formula is C13H24N2O4. The highest BCUT2D eigenvalue weighted by molar-refractivity contribution is 5.71. The van der Waals surface area contributed by atoms with Gasteiger partial charge in [0.15, 0.2) is 0 Å². The molecule has 0 heterocycles. The minimum absolute atomic E-state index is 0.0811. The van der Waals surface area contributed by atoms with E-state index in [1.807, 2.05) is 0 Å². The molecule has 1 fully saturated rings. The lowest BCUT2D eigenvalue weighted by Gasteiger charge is -2.20. The molecule has 6 nitrogen and oxygen atoms in total. The Morgan fingerprint density at radius 2 is 1.16 bits per heavy atom. The van der Waals surface area contributed by atoms with Crippen LogP contribution < -0.4 is 10.6 Å². The number of carbonyl (C=O) groups excluding carboxylic acids is 2. The second kappa shape index (κ2) is 5.27. The van der Waals surface area contributed by atoms with Crippen molar-refractivity contribution in [3.8, 4) is 0 Å². The molecule has 110 valence electrons. The molecule has 1 aliphatic carbocycles. The molecule has 0 spiro atoms. The summed E-state index contributed by atoms with van der Waals surface area (Å²) < 4.78 is 10.3. The molecule has 0 aromatic heterocycles. The number of hydrogen-bond donors (Lipinski definition) is 2. The Balaban J connectivity index is 2.25. The van der Waals surface area contributed by atoms with Crippen LogP contribution in [-0.4, -0.2) is 35.5 Å². The van der Waals surface area contributed by atoms with E-state index >= 15 is 0 Å². The van der Waals surface area contributed by atoms with Gasteiger partial charge in [-0.25, -0.2) is 9.59 Å². The predicted molar refractivity (Wildman–Crippen MR) is 70.9 cm³/mol. The molecule has 0 aliphatic heterocycles. The smallest absolute Gasteiger partial charge is 0.407 e. The largest absolute Gasteiger partial charge is 0.444 e. The molecule has 6 heteroatoms. The summed E-state index contributed by atoms with van der Waals surface area (Å²) in [4.78, 5) is 23.0. The maximum atomic E-state index is 11.5. The minimum Gasteiger partial charge on any atom is -0.444 e. The van der Waals surface area contributed by atoms with E-state index < -0.39 is 23.4 Å². The van der Waals surface area contributed by atoms with Crippen molar-refractivity contribution in [2.75, 3.05) is 0 Å². The van der Waals surface area contributed by atoms with Gasteiger partial charge in [0.2, 0.25) is 0 Å². The van der Waals surface area contributed by atoms with Crippen LogP contribution in [0.5, 0.6) is 0 Å². The monoisotopic (exact) mass is 272 g/mol. The first kappa shape index (κ1) is 15.6. The Kier molecular flexibility index (Phi) is 4.32. The van der Waals surface area contributed by atoms with Crippen molar-refractivity contribution in [2.45, 2.75) is 71.2 Å². The molecule has 0 unspecified atom stereocenters. The fourth-order valence-electron chi connectivity index (χ4n) is 1.43. The van der Waals surface area contributed by atoms with E-state index in [0.29, 0.717) is 6.42 Å². The van der Waals surface area contributed by atoms with E-state index in [0.717, 1.165) is 0 Å². The van der Waals surface area contributed by atoms with Crippen LogP contribution in [0.2, 0.25) is 0 Å². The number of carbonyl (C=O) groups is 2. The fourth-order valence-corrected chi connectivity index (χ4v) is 1.43. The molecule has 0 saturated heterocycles. The maximum absolute atomic E-state index is 11.5. The molecule has 1 rings (SSSR count). The van der Waals surface area contributed by atoms with Crippen LogP contribution in [0.1, 0.15) is 48.0 Å². The topological polar surface area (TPSA) is 76.7 Å². The number of amides is 2. The molecule has 0 aromatic rings. The predicted octanol–water partition coefficient (Wildman–Crippen LogP) is 2.18. The molecular weight excluding hydrogens is 248 g/mol. The van der Waals surface area contributed by atoms with Gasteiger partial charge in [-0.2, -0.15) is 0 Å². The van der Waals surface area contributed by atoms with Crippen LogP contribution in [0.25, 0.3) is 0 Å². The third-order valence-corrected chi connectivity index (χ3v) is 2.19. The van der Waals surface area contributed by atoms with E-state index in [-0.39, 0.29) is 12.1 Å². The van der Waals surface area contributed by atoms with Crippen LogP contribution in [0.3, 0.4) is 0 Å². The molecule has 0 radical (unpaired) electrons. The van der Waals surface area contributed by atoms with E-state index in [2.05, 4.69) is 10.6 Å². The lowest BCUT2D eigenvalue weighted by molar-refractivity contribution is 0.0488. The van der Waals surface area contributed by atoms with Crippen LogP contribution in [0.15, 0.2) is 0 Å². The third kappa shape index (κ3) is 6.88. The Morgan fingerprint density at radius 3 is 1.42 bits per heavy atom. The first-order chi connectivity index (χ1) is 8.46. The van der Waals surface area contributed by atoms with Gasteiger partial charge in [0.05, 0.1) is 12.1 Å². The lowest BCUT2D eigenvalue weighted by Crippen LogP contribution is -2.39. The van der Waals surface area contributed by atoms with Crippen molar-refractivity contribution in [3.05, 3.63) is 0 Å². The summed E-state index contributed by atoms with van der Waals surface area (Å²) in [7, 11) is 0. The molecule has 2 N–H and O–H groups in total. The summed E-state index contributed by atoms with van der Waals surface area (Å²) in [5.74, 6) is 0. The Hall–Kier alpha value is -1.46. The molecule has 0 aromatic carbocycles. The highest BCUT2D eigenvalue weighted by Crippen LogP contribution is 2.22. The Bertz CT molecular complexity index is 321. The highest BCUT2D eigenvalue weighted by atomic mass is 16.6. The maximum Gasteiger partial charge on any atom is 0.407 e. The Morgan fingerprint density at radius 1 is 0.842 bits per heavy atom. The summed E-state index contributed by atoms with van der Waals surface area (Å²) in [6.45, 7) is 10.8. The zero-order valence-electron chi connectivity index (χ0n) is 12.5. The van der Waals surface area contributed by atoms with Crippen molar-refractivity contribution in [2.24, 2.45) is 0 Å². The zero-order chi connectivity index (χ0) is 14.8. The van der Waals surface area contributed by atoms with E-state index in [1.54, 1.807) is 41.5 Å². The number of rotatable bonds is 2. The average molecular weight is 272 g/mol. The number of hydrogen-bond acceptors (Lipinski definition) is 4. The average Bonchev–Trinajstić information content (AvgIpc) is 2.74. The first-order valence-corrected chi connectivity index (χ1v) is 6.45.